The molecule has 2 amide bonds. The van der Waals surface area contributed by atoms with Gasteiger partial charge in [-0.25, -0.2) is 0 Å². The lowest BCUT2D eigenvalue weighted by Gasteiger charge is -2.09. The van der Waals surface area contributed by atoms with Gasteiger partial charge < -0.3 is 16.4 Å². The predicted molar refractivity (Wildman–Crippen MR) is 73.5 cm³/mol. The number of amides is 2. The Hall–Kier alpha value is -0.810. The second-order valence-electron chi connectivity index (χ2n) is 4.60. The highest BCUT2D eigenvalue weighted by Crippen LogP contribution is 2.28. The van der Waals surface area contributed by atoms with Gasteiger partial charge in [-0.3, -0.25) is 9.59 Å². The van der Waals surface area contributed by atoms with Gasteiger partial charge in [-0.1, -0.05) is 25.7 Å². The van der Waals surface area contributed by atoms with Gasteiger partial charge in [0.25, 0.3) is 0 Å². The Bertz CT molecular complexity index is 256. The maximum Gasteiger partial charge on any atom is 0.239 e. The van der Waals surface area contributed by atoms with E-state index in [1.54, 1.807) is 0 Å². The molecule has 0 aliphatic heterocycles. The number of nitrogens with two attached hydrogens (primary N) is 1. The molecule has 18 heavy (non-hydrogen) atoms. The molecule has 0 bridgehead atoms. The highest BCUT2D eigenvalue weighted by Gasteiger charge is 2.16. The Morgan fingerprint density at radius 1 is 1.11 bits per heavy atom. The van der Waals surface area contributed by atoms with Gasteiger partial charge in [0.2, 0.25) is 11.8 Å². The van der Waals surface area contributed by atoms with E-state index < -0.39 is 0 Å². The number of rotatable bonds is 7. The van der Waals surface area contributed by atoms with Crippen LogP contribution in [0.3, 0.4) is 0 Å². The zero-order valence-electron chi connectivity index (χ0n) is 10.7. The van der Waals surface area contributed by atoms with Crippen molar-refractivity contribution in [1.29, 1.82) is 0 Å². The summed E-state index contributed by atoms with van der Waals surface area (Å²) in [6.45, 7) is 0.932. The van der Waals surface area contributed by atoms with Crippen molar-refractivity contribution in [3.8, 4) is 0 Å². The minimum atomic E-state index is -0.176. The van der Waals surface area contributed by atoms with E-state index in [-0.39, 0.29) is 30.8 Å². The SMILES string of the molecule is Cl.NCCNC(=O)CNC(=O)CCC1CCCC1. The monoisotopic (exact) mass is 277 g/mol. The summed E-state index contributed by atoms with van der Waals surface area (Å²) in [6.07, 6.45) is 6.60. The molecule has 1 fully saturated rings. The van der Waals surface area contributed by atoms with Gasteiger partial charge in [-0.05, 0) is 12.3 Å². The molecule has 0 aromatic rings. The van der Waals surface area contributed by atoms with E-state index >= 15 is 0 Å². The maximum absolute atomic E-state index is 11.5. The van der Waals surface area contributed by atoms with E-state index in [1.165, 1.54) is 25.7 Å². The lowest BCUT2D eigenvalue weighted by atomic mass is 10.0. The first kappa shape index (κ1) is 17.2. The zero-order chi connectivity index (χ0) is 12.5. The molecule has 0 saturated heterocycles. The molecule has 6 heteroatoms. The van der Waals surface area contributed by atoms with E-state index in [9.17, 15) is 9.59 Å². The van der Waals surface area contributed by atoms with E-state index in [1.807, 2.05) is 0 Å². The highest BCUT2D eigenvalue weighted by atomic mass is 35.5. The van der Waals surface area contributed by atoms with Crippen molar-refractivity contribution >= 4 is 24.2 Å². The Morgan fingerprint density at radius 2 is 1.78 bits per heavy atom. The minimum absolute atomic E-state index is 0. The molecule has 0 aromatic heterocycles. The standard InChI is InChI=1S/C12H23N3O2.ClH/c13-7-8-14-12(17)9-15-11(16)6-5-10-3-1-2-4-10;/h10H,1-9,13H2,(H,14,17)(H,15,16);1H. The smallest absolute Gasteiger partial charge is 0.239 e. The third-order valence-electron chi connectivity index (χ3n) is 3.17. The molecule has 0 radical (unpaired) electrons. The van der Waals surface area contributed by atoms with E-state index in [0.717, 1.165) is 6.42 Å². The molecular weight excluding hydrogens is 254 g/mol. The fourth-order valence-electron chi connectivity index (χ4n) is 2.18. The van der Waals surface area contributed by atoms with Crippen LogP contribution >= 0.6 is 12.4 Å². The summed E-state index contributed by atoms with van der Waals surface area (Å²) < 4.78 is 0. The molecule has 1 aliphatic carbocycles. The van der Waals surface area contributed by atoms with Crippen LogP contribution in [0.4, 0.5) is 0 Å². The number of halogens is 1. The summed E-state index contributed by atoms with van der Waals surface area (Å²) in [4.78, 5) is 22.6. The van der Waals surface area contributed by atoms with Crippen LogP contribution in [0.2, 0.25) is 0 Å². The topological polar surface area (TPSA) is 84.2 Å². The third kappa shape index (κ3) is 7.50. The Kier molecular flexibility index (Phi) is 9.69. The fraction of sp³-hybridized carbons (Fsp3) is 0.833. The van der Waals surface area contributed by atoms with Crippen LogP contribution in [0, 0.1) is 5.92 Å². The molecule has 4 N–H and O–H groups in total. The number of hydrogen-bond acceptors (Lipinski definition) is 3. The number of carbonyl (C=O) groups is 2. The van der Waals surface area contributed by atoms with Gasteiger partial charge in [-0.15, -0.1) is 12.4 Å². The van der Waals surface area contributed by atoms with E-state index in [0.29, 0.717) is 25.4 Å². The van der Waals surface area contributed by atoms with Crippen LogP contribution in [-0.2, 0) is 9.59 Å². The van der Waals surface area contributed by atoms with E-state index in [4.69, 9.17) is 5.73 Å². The lowest BCUT2D eigenvalue weighted by Crippen LogP contribution is -2.38. The molecular formula is C12H24ClN3O2. The summed E-state index contributed by atoms with van der Waals surface area (Å²) in [7, 11) is 0. The summed E-state index contributed by atoms with van der Waals surface area (Å²) in [5.74, 6) is 0.510. The van der Waals surface area contributed by atoms with Crippen molar-refractivity contribution in [3.05, 3.63) is 0 Å². The van der Waals surface area contributed by atoms with E-state index in [2.05, 4.69) is 10.6 Å². The van der Waals surface area contributed by atoms with Crippen molar-refractivity contribution in [2.75, 3.05) is 19.6 Å². The van der Waals surface area contributed by atoms with Gasteiger partial charge in [0.15, 0.2) is 0 Å². The van der Waals surface area contributed by atoms with Crippen molar-refractivity contribution in [2.24, 2.45) is 11.7 Å². The minimum Gasteiger partial charge on any atom is -0.353 e. The van der Waals surface area contributed by atoms with Crippen molar-refractivity contribution < 1.29 is 9.59 Å². The Balaban J connectivity index is 0.00000289. The van der Waals surface area contributed by atoms with Gasteiger partial charge in [0.05, 0.1) is 6.54 Å². The largest absolute Gasteiger partial charge is 0.353 e. The summed E-state index contributed by atoms with van der Waals surface area (Å²) in [6, 6.07) is 0. The molecule has 0 unspecified atom stereocenters. The quantitative estimate of drug-likeness (QED) is 0.636. The molecule has 1 rings (SSSR count). The van der Waals surface area contributed by atoms with Gasteiger partial charge in [0.1, 0.15) is 0 Å². The first-order valence-electron chi connectivity index (χ1n) is 6.46. The second kappa shape index (κ2) is 10.1. The Morgan fingerprint density at radius 3 is 2.39 bits per heavy atom. The number of carbonyl (C=O) groups excluding carboxylic acids is 2. The molecule has 0 spiro atoms. The predicted octanol–water partition coefficient (Wildman–Crippen LogP) is 0.570. The summed E-state index contributed by atoms with van der Waals surface area (Å²) >= 11 is 0. The average Bonchev–Trinajstić information content (AvgIpc) is 2.84. The molecule has 5 nitrogen and oxygen atoms in total. The van der Waals surface area contributed by atoms with Crippen LogP contribution < -0.4 is 16.4 Å². The molecule has 106 valence electrons. The maximum atomic E-state index is 11.5. The molecule has 0 aromatic carbocycles. The third-order valence-corrected chi connectivity index (χ3v) is 3.17. The zero-order valence-corrected chi connectivity index (χ0v) is 11.6. The molecule has 1 saturated carbocycles. The first-order chi connectivity index (χ1) is 8.22. The molecule has 1 aliphatic rings. The second-order valence-corrected chi connectivity index (χ2v) is 4.60. The number of nitrogens with one attached hydrogen (secondary N) is 2. The van der Waals surface area contributed by atoms with Crippen molar-refractivity contribution in [1.82, 2.24) is 10.6 Å². The lowest BCUT2D eigenvalue weighted by molar-refractivity contribution is -0.126. The summed E-state index contributed by atoms with van der Waals surface area (Å²) in [5, 5.41) is 5.23. The normalized spacial score (nSPS) is 14.9. The summed E-state index contributed by atoms with van der Waals surface area (Å²) in [5.41, 5.74) is 5.25. The fourth-order valence-corrected chi connectivity index (χ4v) is 2.18. The van der Waals surface area contributed by atoms with Gasteiger partial charge >= 0.3 is 0 Å². The van der Waals surface area contributed by atoms with Gasteiger partial charge in [0, 0.05) is 19.5 Å². The first-order valence-corrected chi connectivity index (χ1v) is 6.46. The van der Waals surface area contributed by atoms with Crippen LogP contribution in [0.15, 0.2) is 0 Å². The van der Waals surface area contributed by atoms with Crippen LogP contribution in [0.5, 0.6) is 0 Å². The Labute approximate surface area is 115 Å². The van der Waals surface area contributed by atoms with Crippen molar-refractivity contribution in [2.45, 2.75) is 38.5 Å². The van der Waals surface area contributed by atoms with Crippen molar-refractivity contribution in [3.63, 3.8) is 0 Å². The van der Waals surface area contributed by atoms with Gasteiger partial charge in [-0.2, -0.15) is 0 Å². The average molecular weight is 278 g/mol. The van der Waals surface area contributed by atoms with Crippen LogP contribution in [0.1, 0.15) is 38.5 Å². The molecule has 0 atom stereocenters. The number of hydrogen-bond donors (Lipinski definition) is 3. The molecule has 0 heterocycles. The highest BCUT2D eigenvalue weighted by molar-refractivity contribution is 5.85. The van der Waals surface area contributed by atoms with Crippen LogP contribution in [0.25, 0.3) is 0 Å². The van der Waals surface area contributed by atoms with Crippen LogP contribution in [-0.4, -0.2) is 31.4 Å².